The molecule has 124 valence electrons. The van der Waals surface area contributed by atoms with Crippen LogP contribution in [0.2, 0.25) is 0 Å². The lowest BCUT2D eigenvalue weighted by atomic mass is 10.2. The van der Waals surface area contributed by atoms with Crippen LogP contribution in [0, 0.1) is 6.92 Å². The quantitative estimate of drug-likeness (QED) is 0.893. The van der Waals surface area contributed by atoms with Gasteiger partial charge in [0.25, 0.3) is 10.0 Å². The molecule has 0 radical (unpaired) electrons. The third-order valence-electron chi connectivity index (χ3n) is 3.60. The summed E-state index contributed by atoms with van der Waals surface area (Å²) in [6.07, 6.45) is 0.605. The van der Waals surface area contributed by atoms with E-state index >= 15 is 0 Å². The van der Waals surface area contributed by atoms with Crippen LogP contribution in [0.15, 0.2) is 39.9 Å². The fourth-order valence-corrected chi connectivity index (χ4v) is 6.14. The van der Waals surface area contributed by atoms with Gasteiger partial charge in [-0.1, -0.05) is 6.07 Å². The lowest BCUT2D eigenvalue weighted by Gasteiger charge is -2.18. The summed E-state index contributed by atoms with van der Waals surface area (Å²) in [5.74, 6) is 0.152. The standard InChI is InChI=1S/C14H16N2O4S3/c1-11-10-12(16-7-3-9-22(16,17)18)5-6-13(11)15-23(19,20)14-4-2-8-21-14/h2,4-6,8,10,15H,3,7,9H2,1H3. The third-order valence-corrected chi connectivity index (χ3v) is 8.23. The Labute approximate surface area is 139 Å². The number of aryl methyl sites for hydroxylation is 1. The molecule has 0 atom stereocenters. The van der Waals surface area contributed by atoms with Crippen LogP contribution in [0.25, 0.3) is 0 Å². The molecule has 0 amide bonds. The highest BCUT2D eigenvalue weighted by Gasteiger charge is 2.28. The molecule has 0 bridgehead atoms. The lowest BCUT2D eigenvalue weighted by molar-refractivity contribution is 0.598. The number of sulfonamides is 2. The van der Waals surface area contributed by atoms with Gasteiger partial charge in [-0.2, -0.15) is 0 Å². The second kappa shape index (κ2) is 5.81. The predicted molar refractivity (Wildman–Crippen MR) is 92.1 cm³/mol. The van der Waals surface area contributed by atoms with Gasteiger partial charge >= 0.3 is 0 Å². The van der Waals surface area contributed by atoms with E-state index in [2.05, 4.69) is 4.72 Å². The molecule has 0 aliphatic carbocycles. The Hall–Kier alpha value is -1.58. The van der Waals surface area contributed by atoms with E-state index in [4.69, 9.17) is 0 Å². The fourth-order valence-electron chi connectivity index (χ4n) is 2.46. The summed E-state index contributed by atoms with van der Waals surface area (Å²) in [5.41, 5.74) is 1.68. The summed E-state index contributed by atoms with van der Waals surface area (Å²) in [6.45, 7) is 2.21. The van der Waals surface area contributed by atoms with Crippen molar-refractivity contribution in [3.05, 3.63) is 41.3 Å². The van der Waals surface area contributed by atoms with Crippen LogP contribution in [0.4, 0.5) is 11.4 Å². The first-order valence-corrected chi connectivity index (χ1v) is 10.9. The van der Waals surface area contributed by atoms with Gasteiger partial charge in [0.1, 0.15) is 4.21 Å². The Bertz CT molecular complexity index is 919. The molecule has 23 heavy (non-hydrogen) atoms. The topological polar surface area (TPSA) is 83.6 Å². The highest BCUT2D eigenvalue weighted by molar-refractivity contribution is 7.94. The van der Waals surface area contributed by atoms with Crippen molar-refractivity contribution >= 4 is 42.8 Å². The molecule has 1 N–H and O–H groups in total. The Morgan fingerprint density at radius 2 is 2.04 bits per heavy atom. The Kier molecular flexibility index (Phi) is 4.11. The number of hydrogen-bond donors (Lipinski definition) is 1. The van der Waals surface area contributed by atoms with Crippen molar-refractivity contribution in [2.45, 2.75) is 17.6 Å². The van der Waals surface area contributed by atoms with Crippen molar-refractivity contribution in [2.75, 3.05) is 21.3 Å². The number of rotatable bonds is 4. The normalized spacial score (nSPS) is 17.3. The van der Waals surface area contributed by atoms with Crippen LogP contribution in [0.1, 0.15) is 12.0 Å². The summed E-state index contributed by atoms with van der Waals surface area (Å²) in [7, 11) is -6.85. The van der Waals surface area contributed by atoms with Crippen LogP contribution >= 0.6 is 11.3 Å². The van der Waals surface area contributed by atoms with Gasteiger partial charge in [0.2, 0.25) is 10.0 Å². The molecule has 2 aromatic rings. The molecule has 1 aromatic carbocycles. The average Bonchev–Trinajstić information content (AvgIpc) is 3.10. The first kappa shape index (κ1) is 16.3. The molecule has 3 rings (SSSR count). The maximum absolute atomic E-state index is 12.3. The van der Waals surface area contributed by atoms with E-state index in [-0.39, 0.29) is 9.96 Å². The van der Waals surface area contributed by atoms with Crippen LogP contribution in [-0.4, -0.2) is 29.1 Å². The van der Waals surface area contributed by atoms with E-state index < -0.39 is 20.0 Å². The molecular formula is C14H16N2O4S3. The minimum atomic E-state index is -3.61. The van der Waals surface area contributed by atoms with Gasteiger partial charge in [-0.3, -0.25) is 9.03 Å². The summed E-state index contributed by atoms with van der Waals surface area (Å²) in [6, 6.07) is 8.13. The predicted octanol–water partition coefficient (Wildman–Crippen LogP) is 2.40. The minimum absolute atomic E-state index is 0.152. The molecule has 1 aromatic heterocycles. The van der Waals surface area contributed by atoms with E-state index in [0.717, 1.165) is 11.3 Å². The number of hydrogen-bond acceptors (Lipinski definition) is 5. The zero-order valence-corrected chi connectivity index (χ0v) is 14.8. The second-order valence-corrected chi connectivity index (χ2v) is 10.1. The van der Waals surface area contributed by atoms with Crippen molar-refractivity contribution in [1.29, 1.82) is 0 Å². The summed E-state index contributed by atoms with van der Waals surface area (Å²) < 4.78 is 52.6. The monoisotopic (exact) mass is 372 g/mol. The maximum Gasteiger partial charge on any atom is 0.271 e. The van der Waals surface area contributed by atoms with E-state index in [9.17, 15) is 16.8 Å². The molecule has 1 aliphatic heterocycles. The summed E-state index contributed by atoms with van der Waals surface area (Å²) in [5, 5.41) is 1.70. The molecule has 0 saturated carbocycles. The molecule has 1 fully saturated rings. The van der Waals surface area contributed by atoms with Gasteiger partial charge < -0.3 is 0 Å². The van der Waals surface area contributed by atoms with Crippen molar-refractivity contribution in [1.82, 2.24) is 0 Å². The highest BCUT2D eigenvalue weighted by Crippen LogP contribution is 2.29. The van der Waals surface area contributed by atoms with E-state index in [1.54, 1.807) is 36.6 Å². The smallest absolute Gasteiger partial charge is 0.271 e. The van der Waals surface area contributed by atoms with Crippen molar-refractivity contribution in [2.24, 2.45) is 0 Å². The molecule has 9 heteroatoms. The van der Waals surface area contributed by atoms with Gasteiger partial charge in [0.15, 0.2) is 0 Å². The summed E-state index contributed by atoms with van der Waals surface area (Å²) in [4.78, 5) is 0. The Morgan fingerprint density at radius 1 is 1.26 bits per heavy atom. The molecule has 0 unspecified atom stereocenters. The molecule has 2 heterocycles. The lowest BCUT2D eigenvalue weighted by Crippen LogP contribution is -2.25. The van der Waals surface area contributed by atoms with Gasteiger partial charge in [0, 0.05) is 6.54 Å². The van der Waals surface area contributed by atoms with Gasteiger partial charge in [-0.05, 0) is 48.6 Å². The van der Waals surface area contributed by atoms with Crippen molar-refractivity contribution in [3.63, 3.8) is 0 Å². The Morgan fingerprint density at radius 3 is 2.61 bits per heavy atom. The molecule has 0 spiro atoms. The number of anilines is 2. The number of nitrogens with zero attached hydrogens (tertiary/aromatic N) is 1. The van der Waals surface area contributed by atoms with E-state index in [0.29, 0.717) is 29.9 Å². The highest BCUT2D eigenvalue weighted by atomic mass is 32.2. The summed E-state index contributed by atoms with van der Waals surface area (Å²) >= 11 is 1.14. The van der Waals surface area contributed by atoms with Gasteiger partial charge in [-0.25, -0.2) is 16.8 Å². The van der Waals surface area contributed by atoms with Gasteiger partial charge in [0.05, 0.1) is 17.1 Å². The van der Waals surface area contributed by atoms with Crippen LogP contribution in [0.5, 0.6) is 0 Å². The SMILES string of the molecule is Cc1cc(N2CCCS2(=O)=O)ccc1NS(=O)(=O)c1cccs1. The molecule has 1 aliphatic rings. The van der Waals surface area contributed by atoms with E-state index in [1.165, 1.54) is 10.4 Å². The van der Waals surface area contributed by atoms with Crippen molar-refractivity contribution in [3.8, 4) is 0 Å². The number of benzene rings is 1. The second-order valence-electron chi connectivity index (χ2n) is 5.28. The van der Waals surface area contributed by atoms with E-state index in [1.807, 2.05) is 0 Å². The Balaban J connectivity index is 1.89. The largest absolute Gasteiger partial charge is 0.279 e. The molecular weight excluding hydrogens is 356 g/mol. The zero-order valence-electron chi connectivity index (χ0n) is 12.4. The zero-order chi connectivity index (χ0) is 16.7. The third kappa shape index (κ3) is 3.22. The van der Waals surface area contributed by atoms with Crippen LogP contribution in [0.3, 0.4) is 0 Å². The number of thiophene rings is 1. The number of nitrogens with one attached hydrogen (secondary N) is 1. The molecule has 1 saturated heterocycles. The van der Waals surface area contributed by atoms with Crippen LogP contribution in [-0.2, 0) is 20.0 Å². The fraction of sp³-hybridized carbons (Fsp3) is 0.286. The maximum atomic E-state index is 12.3. The first-order chi connectivity index (χ1) is 10.8. The molecule has 6 nitrogen and oxygen atoms in total. The average molecular weight is 372 g/mol. The first-order valence-electron chi connectivity index (χ1n) is 6.97. The van der Waals surface area contributed by atoms with Crippen molar-refractivity contribution < 1.29 is 16.8 Å². The van der Waals surface area contributed by atoms with Gasteiger partial charge in [-0.15, -0.1) is 11.3 Å². The van der Waals surface area contributed by atoms with Crippen LogP contribution < -0.4 is 9.03 Å². The minimum Gasteiger partial charge on any atom is -0.279 e.